The number of benzene rings is 1. The van der Waals surface area contributed by atoms with Crippen molar-refractivity contribution in [2.75, 3.05) is 34.2 Å². The summed E-state index contributed by atoms with van der Waals surface area (Å²) in [4.78, 5) is 14.8. The van der Waals surface area contributed by atoms with Crippen LogP contribution in [0.25, 0.3) is 0 Å². The van der Waals surface area contributed by atoms with Gasteiger partial charge in [-0.05, 0) is 24.7 Å². The molecule has 1 aromatic carbocycles. The molecule has 0 aromatic heterocycles. The summed E-state index contributed by atoms with van der Waals surface area (Å²) in [6.45, 7) is 0.671. The van der Waals surface area contributed by atoms with E-state index in [1.165, 1.54) is 4.90 Å². The van der Waals surface area contributed by atoms with Crippen LogP contribution in [0, 0.1) is 0 Å². The third-order valence-corrected chi connectivity index (χ3v) is 2.86. The Hall–Kier alpha value is -1.10. The lowest BCUT2D eigenvalue weighted by atomic mass is 10.1. The number of amides is 1. The third kappa shape index (κ3) is 4.64. The van der Waals surface area contributed by atoms with Crippen LogP contribution in [0.5, 0.6) is 0 Å². The summed E-state index contributed by atoms with van der Waals surface area (Å²) < 4.78 is 0. The number of carbonyl (C=O) groups is 1. The first-order chi connectivity index (χ1) is 8.40. The number of carbonyl (C=O) groups excluding carboxylic acids is 1. The van der Waals surface area contributed by atoms with Gasteiger partial charge in [-0.25, -0.2) is 0 Å². The molecular formula is C13H19ClN2O2. The van der Waals surface area contributed by atoms with E-state index in [2.05, 4.69) is 0 Å². The highest BCUT2D eigenvalue weighted by Gasteiger charge is 2.14. The van der Waals surface area contributed by atoms with E-state index in [0.717, 1.165) is 5.56 Å². The molecule has 0 spiro atoms. The van der Waals surface area contributed by atoms with Gasteiger partial charge in [-0.1, -0.05) is 23.7 Å². The monoisotopic (exact) mass is 270 g/mol. The molecule has 1 atom stereocenters. The van der Waals surface area contributed by atoms with Crippen LogP contribution in [-0.2, 0) is 4.79 Å². The molecule has 0 aliphatic carbocycles. The lowest BCUT2D eigenvalue weighted by Crippen LogP contribution is -2.36. The van der Waals surface area contributed by atoms with Crippen LogP contribution >= 0.6 is 11.6 Å². The minimum Gasteiger partial charge on any atom is -0.387 e. The molecule has 0 aliphatic rings. The summed E-state index contributed by atoms with van der Waals surface area (Å²) in [6.07, 6.45) is -0.649. The molecule has 1 unspecified atom stereocenters. The number of hydrogen-bond donors (Lipinski definition) is 1. The van der Waals surface area contributed by atoms with Gasteiger partial charge in [0.2, 0.25) is 5.91 Å². The highest BCUT2D eigenvalue weighted by molar-refractivity contribution is 6.30. The Morgan fingerprint density at radius 1 is 1.39 bits per heavy atom. The van der Waals surface area contributed by atoms with E-state index in [4.69, 9.17) is 11.6 Å². The maximum absolute atomic E-state index is 11.5. The Kier molecular flexibility index (Phi) is 5.59. The van der Waals surface area contributed by atoms with E-state index in [-0.39, 0.29) is 12.5 Å². The Morgan fingerprint density at radius 3 is 2.61 bits per heavy atom. The van der Waals surface area contributed by atoms with Crippen molar-refractivity contribution in [3.05, 3.63) is 34.9 Å². The summed E-state index contributed by atoms with van der Waals surface area (Å²) in [6, 6.07) is 7.11. The molecule has 0 aliphatic heterocycles. The first-order valence-electron chi connectivity index (χ1n) is 5.72. The van der Waals surface area contributed by atoms with Crippen molar-refractivity contribution in [1.29, 1.82) is 0 Å². The quantitative estimate of drug-likeness (QED) is 0.879. The fourth-order valence-electron chi connectivity index (χ4n) is 1.55. The Balaban J connectivity index is 2.54. The van der Waals surface area contributed by atoms with Crippen molar-refractivity contribution in [3.63, 3.8) is 0 Å². The normalized spacial score (nSPS) is 12.6. The molecule has 4 nitrogen and oxygen atoms in total. The molecule has 1 amide bonds. The highest BCUT2D eigenvalue weighted by Crippen LogP contribution is 2.18. The number of aliphatic hydroxyl groups excluding tert-OH is 1. The summed E-state index contributed by atoms with van der Waals surface area (Å²) in [5.41, 5.74) is 0.756. The summed E-state index contributed by atoms with van der Waals surface area (Å²) >= 11 is 5.87. The fraction of sp³-hybridized carbons (Fsp3) is 0.462. The van der Waals surface area contributed by atoms with E-state index >= 15 is 0 Å². The van der Waals surface area contributed by atoms with Crippen molar-refractivity contribution < 1.29 is 9.90 Å². The van der Waals surface area contributed by atoms with Gasteiger partial charge in [0, 0.05) is 25.7 Å². The van der Waals surface area contributed by atoms with Crippen LogP contribution in [0.1, 0.15) is 11.7 Å². The van der Waals surface area contributed by atoms with Crippen LogP contribution in [0.4, 0.5) is 0 Å². The smallest absolute Gasteiger partial charge is 0.236 e. The first kappa shape index (κ1) is 15.0. The second-order valence-corrected chi connectivity index (χ2v) is 4.99. The molecule has 100 valence electrons. The highest BCUT2D eigenvalue weighted by atomic mass is 35.5. The zero-order valence-corrected chi connectivity index (χ0v) is 11.7. The van der Waals surface area contributed by atoms with Gasteiger partial charge < -0.3 is 10.0 Å². The molecule has 0 bridgehead atoms. The molecule has 5 heteroatoms. The van der Waals surface area contributed by atoms with Crippen LogP contribution in [0.3, 0.4) is 0 Å². The van der Waals surface area contributed by atoms with Crippen molar-refractivity contribution in [2.24, 2.45) is 0 Å². The molecule has 0 saturated heterocycles. The molecule has 0 saturated carbocycles. The number of aliphatic hydroxyl groups is 1. The molecule has 0 radical (unpaired) electrons. The van der Waals surface area contributed by atoms with Gasteiger partial charge in [0.15, 0.2) is 0 Å². The number of rotatable bonds is 5. The second kappa shape index (κ2) is 6.73. The van der Waals surface area contributed by atoms with Crippen molar-refractivity contribution in [1.82, 2.24) is 9.80 Å². The molecular weight excluding hydrogens is 252 g/mol. The predicted molar refractivity (Wildman–Crippen MR) is 72.6 cm³/mol. The van der Waals surface area contributed by atoms with Gasteiger partial charge in [0.25, 0.3) is 0 Å². The number of halogens is 1. The summed E-state index contributed by atoms with van der Waals surface area (Å²) in [5, 5.41) is 10.6. The summed E-state index contributed by atoms with van der Waals surface area (Å²) in [5.74, 6) is 0.00999. The van der Waals surface area contributed by atoms with E-state index in [9.17, 15) is 9.90 Å². The minimum absolute atomic E-state index is 0.00999. The Morgan fingerprint density at radius 2 is 2.06 bits per heavy atom. The number of hydrogen-bond acceptors (Lipinski definition) is 3. The lowest BCUT2D eigenvalue weighted by Gasteiger charge is -2.22. The van der Waals surface area contributed by atoms with Crippen molar-refractivity contribution >= 4 is 17.5 Å². The van der Waals surface area contributed by atoms with Crippen LogP contribution in [0.2, 0.25) is 5.02 Å². The second-order valence-electron chi connectivity index (χ2n) is 4.56. The minimum atomic E-state index is -0.649. The summed E-state index contributed by atoms with van der Waals surface area (Å²) in [7, 11) is 5.22. The molecule has 1 N–H and O–H groups in total. The van der Waals surface area contributed by atoms with Gasteiger partial charge in [0.05, 0.1) is 12.6 Å². The van der Waals surface area contributed by atoms with Gasteiger partial charge in [-0.15, -0.1) is 0 Å². The molecule has 18 heavy (non-hydrogen) atoms. The molecule has 0 heterocycles. The average Bonchev–Trinajstić information content (AvgIpc) is 2.28. The van der Waals surface area contributed by atoms with E-state index in [1.54, 1.807) is 44.2 Å². The first-order valence-corrected chi connectivity index (χ1v) is 6.10. The third-order valence-electron chi connectivity index (χ3n) is 2.62. The maximum atomic E-state index is 11.5. The average molecular weight is 271 g/mol. The van der Waals surface area contributed by atoms with Crippen LogP contribution in [0.15, 0.2) is 24.3 Å². The van der Waals surface area contributed by atoms with Gasteiger partial charge in [0.1, 0.15) is 0 Å². The van der Waals surface area contributed by atoms with Crippen molar-refractivity contribution in [2.45, 2.75) is 6.10 Å². The van der Waals surface area contributed by atoms with Crippen LogP contribution in [-0.4, -0.2) is 55.0 Å². The SMILES string of the molecule is CN(CC(=O)N(C)C)CC(O)c1cccc(Cl)c1. The van der Waals surface area contributed by atoms with Gasteiger partial charge in [-0.3, -0.25) is 9.69 Å². The Bertz CT molecular complexity index is 410. The van der Waals surface area contributed by atoms with Crippen molar-refractivity contribution in [3.8, 4) is 0 Å². The van der Waals surface area contributed by atoms with E-state index in [1.807, 2.05) is 6.07 Å². The zero-order chi connectivity index (χ0) is 13.7. The maximum Gasteiger partial charge on any atom is 0.236 e. The zero-order valence-electron chi connectivity index (χ0n) is 10.9. The molecule has 1 rings (SSSR count). The van der Waals surface area contributed by atoms with Gasteiger partial charge in [-0.2, -0.15) is 0 Å². The molecule has 0 fully saturated rings. The lowest BCUT2D eigenvalue weighted by molar-refractivity contribution is -0.129. The van der Waals surface area contributed by atoms with Gasteiger partial charge >= 0.3 is 0 Å². The predicted octanol–water partition coefficient (Wildman–Crippen LogP) is 1.39. The number of nitrogens with zero attached hydrogens (tertiary/aromatic N) is 2. The fourth-order valence-corrected chi connectivity index (χ4v) is 1.75. The van der Waals surface area contributed by atoms with E-state index in [0.29, 0.717) is 11.6 Å². The largest absolute Gasteiger partial charge is 0.387 e. The van der Waals surface area contributed by atoms with Crippen LogP contribution < -0.4 is 0 Å². The molecule has 1 aromatic rings. The van der Waals surface area contributed by atoms with E-state index < -0.39 is 6.10 Å². The number of likely N-dealkylation sites (N-methyl/N-ethyl adjacent to an activating group) is 2. The standard InChI is InChI=1S/C13H19ClN2O2/c1-15(2)13(18)9-16(3)8-12(17)10-5-4-6-11(14)7-10/h4-7,12,17H,8-9H2,1-3H3. The topological polar surface area (TPSA) is 43.8 Å². The Labute approximate surface area is 113 Å².